The summed E-state index contributed by atoms with van der Waals surface area (Å²) in [4.78, 5) is 12.9. The van der Waals surface area contributed by atoms with E-state index >= 15 is 0 Å². The molecule has 106 valence electrons. The van der Waals surface area contributed by atoms with Gasteiger partial charge in [0.25, 0.3) is 0 Å². The van der Waals surface area contributed by atoms with Crippen LogP contribution in [0.4, 0.5) is 0 Å². The maximum atomic E-state index is 12.9. The fraction of sp³-hybridized carbons (Fsp3) is 0.167. The van der Waals surface area contributed by atoms with Crippen LogP contribution in [-0.4, -0.2) is 10.4 Å². The molecular weight excluding hydrogens is 282 g/mol. The Morgan fingerprint density at radius 2 is 1.86 bits per heavy atom. The molecule has 1 heterocycles. The number of aryl methyl sites for hydroxylation is 2. The van der Waals surface area contributed by atoms with Crippen LogP contribution in [-0.2, 0) is 7.05 Å². The van der Waals surface area contributed by atoms with Gasteiger partial charge in [0, 0.05) is 40.3 Å². The molecule has 0 aliphatic rings. The molecule has 0 amide bonds. The summed E-state index contributed by atoms with van der Waals surface area (Å²) in [7, 11) is 1.96. The first-order valence-corrected chi connectivity index (χ1v) is 7.22. The van der Waals surface area contributed by atoms with Gasteiger partial charge in [0.15, 0.2) is 5.78 Å². The smallest absolute Gasteiger partial charge is 0.195 e. The minimum atomic E-state index is 0.0180. The Kier molecular flexibility index (Phi) is 3.34. The van der Waals surface area contributed by atoms with Crippen LogP contribution in [0.15, 0.2) is 42.6 Å². The van der Waals surface area contributed by atoms with E-state index in [1.165, 1.54) is 5.56 Å². The molecule has 0 saturated heterocycles. The van der Waals surface area contributed by atoms with Gasteiger partial charge in [-0.25, -0.2) is 0 Å². The Balaban J connectivity index is 2.21. The summed E-state index contributed by atoms with van der Waals surface area (Å²) in [6.45, 7) is 3.93. The second-order valence-electron chi connectivity index (χ2n) is 5.42. The second-order valence-corrected chi connectivity index (χ2v) is 5.82. The highest BCUT2D eigenvalue weighted by molar-refractivity contribution is 6.32. The van der Waals surface area contributed by atoms with Crippen LogP contribution >= 0.6 is 11.6 Å². The number of halogens is 1. The van der Waals surface area contributed by atoms with E-state index in [4.69, 9.17) is 11.6 Å². The summed E-state index contributed by atoms with van der Waals surface area (Å²) in [6, 6.07) is 11.6. The molecule has 3 aromatic rings. The summed E-state index contributed by atoms with van der Waals surface area (Å²) in [5.41, 5.74) is 4.46. The molecule has 2 aromatic carbocycles. The number of fused-ring (bicyclic) bond motifs is 1. The number of carbonyl (C=O) groups is 1. The van der Waals surface area contributed by atoms with Crippen molar-refractivity contribution < 1.29 is 4.79 Å². The number of hydrogen-bond acceptors (Lipinski definition) is 1. The van der Waals surface area contributed by atoms with E-state index in [9.17, 15) is 4.79 Å². The first-order valence-electron chi connectivity index (χ1n) is 6.84. The van der Waals surface area contributed by atoms with Crippen molar-refractivity contribution in [3.05, 3.63) is 69.9 Å². The minimum Gasteiger partial charge on any atom is -0.350 e. The molecule has 0 unspecified atom stereocenters. The predicted octanol–water partition coefficient (Wildman–Crippen LogP) is 4.68. The monoisotopic (exact) mass is 297 g/mol. The van der Waals surface area contributed by atoms with Crippen LogP contribution < -0.4 is 0 Å². The van der Waals surface area contributed by atoms with E-state index in [0.717, 1.165) is 22.0 Å². The summed E-state index contributed by atoms with van der Waals surface area (Å²) in [5.74, 6) is 0.0180. The standard InChI is InChI=1S/C18H16ClNO/c1-11-7-8-14-15(10-20(3)17(14)9-11)18(21)13-5-4-6-16(19)12(13)2/h4-10H,1-3H3. The van der Waals surface area contributed by atoms with Crippen LogP contribution in [0.5, 0.6) is 0 Å². The van der Waals surface area contributed by atoms with Crippen molar-refractivity contribution in [3.8, 4) is 0 Å². The molecular formula is C18H16ClNO. The van der Waals surface area contributed by atoms with Gasteiger partial charge in [-0.3, -0.25) is 4.79 Å². The number of ketones is 1. The van der Waals surface area contributed by atoms with Gasteiger partial charge in [-0.15, -0.1) is 0 Å². The zero-order valence-corrected chi connectivity index (χ0v) is 13.0. The zero-order chi connectivity index (χ0) is 15.1. The average molecular weight is 298 g/mol. The van der Waals surface area contributed by atoms with Crippen molar-refractivity contribution in [2.75, 3.05) is 0 Å². The van der Waals surface area contributed by atoms with E-state index in [-0.39, 0.29) is 5.78 Å². The molecule has 0 atom stereocenters. The molecule has 1 aromatic heterocycles. The summed E-state index contributed by atoms with van der Waals surface area (Å²) >= 11 is 6.13. The lowest BCUT2D eigenvalue weighted by atomic mass is 9.98. The molecule has 0 aliphatic carbocycles. The third-order valence-corrected chi connectivity index (χ3v) is 4.31. The Bertz CT molecular complexity index is 861. The van der Waals surface area contributed by atoms with Gasteiger partial charge in [0.05, 0.1) is 0 Å². The topological polar surface area (TPSA) is 22.0 Å². The van der Waals surface area contributed by atoms with Gasteiger partial charge in [0.2, 0.25) is 0 Å². The fourth-order valence-corrected chi connectivity index (χ4v) is 2.85. The lowest BCUT2D eigenvalue weighted by Gasteiger charge is -2.05. The average Bonchev–Trinajstić information content (AvgIpc) is 2.78. The quantitative estimate of drug-likeness (QED) is 0.630. The van der Waals surface area contributed by atoms with Crippen molar-refractivity contribution in [2.45, 2.75) is 13.8 Å². The number of benzene rings is 2. The Labute approximate surface area is 129 Å². The van der Waals surface area contributed by atoms with Gasteiger partial charge in [-0.05, 0) is 37.1 Å². The molecule has 0 fully saturated rings. The minimum absolute atomic E-state index is 0.0180. The first kappa shape index (κ1) is 13.9. The van der Waals surface area contributed by atoms with Crippen LogP contribution in [0.25, 0.3) is 10.9 Å². The third-order valence-electron chi connectivity index (χ3n) is 3.90. The van der Waals surface area contributed by atoms with Crippen LogP contribution in [0.3, 0.4) is 0 Å². The maximum Gasteiger partial charge on any atom is 0.195 e. The maximum absolute atomic E-state index is 12.9. The van der Waals surface area contributed by atoms with Crippen molar-refractivity contribution in [2.24, 2.45) is 7.05 Å². The Morgan fingerprint density at radius 3 is 2.62 bits per heavy atom. The SMILES string of the molecule is Cc1ccc2c(C(=O)c3cccc(Cl)c3C)cn(C)c2c1. The lowest BCUT2D eigenvalue weighted by molar-refractivity contribution is 0.103. The van der Waals surface area contributed by atoms with Crippen molar-refractivity contribution in [3.63, 3.8) is 0 Å². The molecule has 0 radical (unpaired) electrons. The van der Waals surface area contributed by atoms with E-state index in [1.807, 2.05) is 49.0 Å². The number of hydrogen-bond donors (Lipinski definition) is 0. The Morgan fingerprint density at radius 1 is 1.10 bits per heavy atom. The summed E-state index contributed by atoms with van der Waals surface area (Å²) in [6.07, 6.45) is 1.90. The van der Waals surface area contributed by atoms with Gasteiger partial charge in [-0.1, -0.05) is 35.9 Å². The second kappa shape index (κ2) is 5.05. The summed E-state index contributed by atoms with van der Waals surface area (Å²) in [5, 5.41) is 1.60. The van der Waals surface area contributed by atoms with E-state index in [2.05, 4.69) is 13.0 Å². The first-order chi connectivity index (χ1) is 9.99. The number of nitrogens with zero attached hydrogens (tertiary/aromatic N) is 1. The fourth-order valence-electron chi connectivity index (χ4n) is 2.67. The highest BCUT2D eigenvalue weighted by Crippen LogP contribution is 2.27. The Hall–Kier alpha value is -2.06. The number of carbonyl (C=O) groups excluding carboxylic acids is 1. The molecule has 0 aliphatic heterocycles. The molecule has 21 heavy (non-hydrogen) atoms. The molecule has 0 bridgehead atoms. The normalized spacial score (nSPS) is 11.0. The van der Waals surface area contributed by atoms with Gasteiger partial charge in [0.1, 0.15) is 0 Å². The van der Waals surface area contributed by atoms with Gasteiger partial charge < -0.3 is 4.57 Å². The summed E-state index contributed by atoms with van der Waals surface area (Å²) < 4.78 is 2.00. The van der Waals surface area contributed by atoms with E-state index < -0.39 is 0 Å². The highest BCUT2D eigenvalue weighted by Gasteiger charge is 2.18. The molecule has 3 rings (SSSR count). The van der Waals surface area contributed by atoms with Crippen molar-refractivity contribution in [1.82, 2.24) is 4.57 Å². The largest absolute Gasteiger partial charge is 0.350 e. The van der Waals surface area contributed by atoms with Crippen LogP contribution in [0.2, 0.25) is 5.02 Å². The molecule has 2 nitrogen and oxygen atoms in total. The zero-order valence-electron chi connectivity index (χ0n) is 12.3. The van der Waals surface area contributed by atoms with Gasteiger partial charge >= 0.3 is 0 Å². The van der Waals surface area contributed by atoms with Crippen LogP contribution in [0, 0.1) is 13.8 Å². The molecule has 0 spiro atoms. The van der Waals surface area contributed by atoms with Crippen molar-refractivity contribution in [1.29, 1.82) is 0 Å². The molecule has 0 N–H and O–H groups in total. The number of aromatic nitrogens is 1. The van der Waals surface area contributed by atoms with Gasteiger partial charge in [-0.2, -0.15) is 0 Å². The highest BCUT2D eigenvalue weighted by atomic mass is 35.5. The molecule has 0 saturated carbocycles. The lowest BCUT2D eigenvalue weighted by Crippen LogP contribution is -2.03. The number of rotatable bonds is 2. The molecule has 3 heteroatoms. The van der Waals surface area contributed by atoms with E-state index in [1.54, 1.807) is 6.07 Å². The predicted molar refractivity (Wildman–Crippen MR) is 87.3 cm³/mol. The van der Waals surface area contributed by atoms with E-state index in [0.29, 0.717) is 10.6 Å². The van der Waals surface area contributed by atoms with Crippen molar-refractivity contribution >= 4 is 28.3 Å². The third kappa shape index (κ3) is 2.26. The van der Waals surface area contributed by atoms with Crippen LogP contribution in [0.1, 0.15) is 27.0 Å².